The Morgan fingerprint density at radius 3 is 2.52 bits per heavy atom. The maximum Gasteiger partial charge on any atom is 0.303 e. The van der Waals surface area contributed by atoms with Gasteiger partial charge in [0.15, 0.2) is 0 Å². The molecule has 5 heteroatoms. The first-order chi connectivity index (χ1) is 9.80. The normalized spacial score (nSPS) is 22.8. The molecule has 0 aromatic carbocycles. The Balaban J connectivity index is 2.28. The lowest BCUT2D eigenvalue weighted by Gasteiger charge is -2.40. The van der Waals surface area contributed by atoms with Crippen LogP contribution in [0.3, 0.4) is 0 Å². The lowest BCUT2D eigenvalue weighted by Crippen LogP contribution is -2.45. The van der Waals surface area contributed by atoms with Crippen molar-refractivity contribution >= 4 is 11.9 Å². The van der Waals surface area contributed by atoms with E-state index in [1.165, 1.54) is 0 Å². The topological polar surface area (TPSA) is 75.6 Å². The molecule has 1 heterocycles. The number of amides is 1. The summed E-state index contributed by atoms with van der Waals surface area (Å²) in [5, 5.41) is 11.5. The molecular formula is C16H29NO4. The van der Waals surface area contributed by atoms with Crippen LogP contribution in [0.5, 0.6) is 0 Å². The molecule has 0 saturated carbocycles. The van der Waals surface area contributed by atoms with Crippen LogP contribution in [0, 0.1) is 11.3 Å². The maximum absolute atomic E-state index is 11.8. The third kappa shape index (κ3) is 6.93. The molecule has 0 aliphatic carbocycles. The molecule has 2 N–H and O–H groups in total. The van der Waals surface area contributed by atoms with Gasteiger partial charge in [0.2, 0.25) is 5.91 Å². The largest absolute Gasteiger partial charge is 0.481 e. The van der Waals surface area contributed by atoms with Crippen LogP contribution in [0.4, 0.5) is 0 Å². The highest BCUT2D eigenvalue weighted by Crippen LogP contribution is 2.33. The van der Waals surface area contributed by atoms with E-state index in [9.17, 15) is 9.59 Å². The first-order valence-electron chi connectivity index (χ1n) is 7.91. The number of ether oxygens (including phenoxy) is 1. The molecule has 0 aromatic heterocycles. The first kappa shape index (κ1) is 18.0. The smallest absolute Gasteiger partial charge is 0.303 e. The zero-order valence-electron chi connectivity index (χ0n) is 13.5. The van der Waals surface area contributed by atoms with E-state index in [1.54, 1.807) is 0 Å². The second kappa shape index (κ2) is 8.37. The van der Waals surface area contributed by atoms with Gasteiger partial charge in [0.1, 0.15) is 0 Å². The summed E-state index contributed by atoms with van der Waals surface area (Å²) in [6.45, 7) is 7.97. The number of hydrogen-bond donors (Lipinski definition) is 2. The van der Waals surface area contributed by atoms with E-state index in [0.29, 0.717) is 31.7 Å². The van der Waals surface area contributed by atoms with Crippen molar-refractivity contribution < 1.29 is 19.4 Å². The van der Waals surface area contributed by atoms with Gasteiger partial charge in [0.25, 0.3) is 0 Å². The zero-order valence-corrected chi connectivity index (χ0v) is 13.5. The number of carboxylic acids is 1. The Bertz CT molecular complexity index is 349. The average molecular weight is 299 g/mol. The van der Waals surface area contributed by atoms with Crippen LogP contribution in [0.1, 0.15) is 59.3 Å². The lowest BCUT2D eigenvalue weighted by molar-refractivity contribution is -0.137. The zero-order chi connectivity index (χ0) is 15.9. The van der Waals surface area contributed by atoms with Crippen molar-refractivity contribution in [3.8, 4) is 0 Å². The van der Waals surface area contributed by atoms with Crippen LogP contribution in [0.15, 0.2) is 0 Å². The molecule has 122 valence electrons. The summed E-state index contributed by atoms with van der Waals surface area (Å²) < 4.78 is 5.90. The molecule has 0 aromatic rings. The van der Waals surface area contributed by atoms with Crippen molar-refractivity contribution in [1.82, 2.24) is 5.32 Å². The Morgan fingerprint density at radius 2 is 1.90 bits per heavy atom. The molecule has 2 atom stereocenters. The standard InChI is InChI=1S/C16H29NO4/c1-16(2,3)15-12(7-6-10-21-15)11-17-13(18)8-4-5-9-14(19)20/h12,15H,4-11H2,1-3H3,(H,17,18)(H,19,20). The fraction of sp³-hybridized carbons (Fsp3) is 0.875. The summed E-state index contributed by atoms with van der Waals surface area (Å²) in [5.74, 6) is -0.428. The average Bonchev–Trinajstić information content (AvgIpc) is 2.40. The van der Waals surface area contributed by atoms with Crippen molar-refractivity contribution in [1.29, 1.82) is 0 Å². The van der Waals surface area contributed by atoms with E-state index in [-0.39, 0.29) is 23.8 Å². The van der Waals surface area contributed by atoms with Crippen molar-refractivity contribution in [3.05, 3.63) is 0 Å². The van der Waals surface area contributed by atoms with Gasteiger partial charge < -0.3 is 15.2 Å². The van der Waals surface area contributed by atoms with Crippen LogP contribution in [-0.4, -0.2) is 36.2 Å². The fourth-order valence-corrected chi connectivity index (χ4v) is 2.90. The van der Waals surface area contributed by atoms with Crippen molar-refractivity contribution in [2.45, 2.75) is 65.4 Å². The molecule has 1 saturated heterocycles. The number of aliphatic carboxylic acids is 1. The fourth-order valence-electron chi connectivity index (χ4n) is 2.90. The molecule has 2 unspecified atom stereocenters. The molecule has 1 aliphatic rings. The van der Waals surface area contributed by atoms with Crippen LogP contribution in [0.25, 0.3) is 0 Å². The van der Waals surface area contributed by atoms with Gasteiger partial charge in [-0.05, 0) is 31.1 Å². The number of carbonyl (C=O) groups excluding carboxylic acids is 1. The van der Waals surface area contributed by atoms with Gasteiger partial charge in [-0.2, -0.15) is 0 Å². The lowest BCUT2D eigenvalue weighted by atomic mass is 9.78. The number of carbonyl (C=O) groups is 2. The molecule has 1 rings (SSSR count). The number of carboxylic acid groups (broad SMARTS) is 1. The molecule has 1 amide bonds. The minimum atomic E-state index is -0.803. The van der Waals surface area contributed by atoms with Crippen molar-refractivity contribution in [2.24, 2.45) is 11.3 Å². The monoisotopic (exact) mass is 299 g/mol. The van der Waals surface area contributed by atoms with Gasteiger partial charge in [0, 0.05) is 31.9 Å². The highest BCUT2D eigenvalue weighted by Gasteiger charge is 2.35. The molecule has 0 bridgehead atoms. The summed E-state index contributed by atoms with van der Waals surface area (Å²) in [7, 11) is 0. The Kier molecular flexibility index (Phi) is 7.15. The molecular weight excluding hydrogens is 270 g/mol. The summed E-state index contributed by atoms with van der Waals surface area (Å²) in [4.78, 5) is 22.2. The van der Waals surface area contributed by atoms with Crippen LogP contribution in [-0.2, 0) is 14.3 Å². The third-order valence-corrected chi connectivity index (χ3v) is 3.90. The van der Waals surface area contributed by atoms with Gasteiger partial charge >= 0.3 is 5.97 Å². The van der Waals surface area contributed by atoms with Gasteiger partial charge in [-0.1, -0.05) is 20.8 Å². The van der Waals surface area contributed by atoms with E-state index < -0.39 is 5.97 Å². The van der Waals surface area contributed by atoms with Crippen molar-refractivity contribution in [2.75, 3.05) is 13.2 Å². The molecule has 21 heavy (non-hydrogen) atoms. The summed E-state index contributed by atoms with van der Waals surface area (Å²) in [5.41, 5.74) is 0.0807. The van der Waals surface area contributed by atoms with E-state index in [4.69, 9.17) is 9.84 Å². The number of unbranched alkanes of at least 4 members (excludes halogenated alkanes) is 1. The molecule has 0 spiro atoms. The predicted octanol–water partition coefficient (Wildman–Crippen LogP) is 2.59. The van der Waals surface area contributed by atoms with Crippen LogP contribution in [0.2, 0.25) is 0 Å². The minimum absolute atomic E-state index is 0.0126. The van der Waals surface area contributed by atoms with Crippen LogP contribution < -0.4 is 5.32 Å². The third-order valence-electron chi connectivity index (χ3n) is 3.90. The maximum atomic E-state index is 11.8. The summed E-state index contributed by atoms with van der Waals surface area (Å²) >= 11 is 0. The summed E-state index contributed by atoms with van der Waals surface area (Å²) in [6.07, 6.45) is 4.03. The predicted molar refractivity (Wildman–Crippen MR) is 81.0 cm³/mol. The van der Waals surface area contributed by atoms with Gasteiger partial charge in [0.05, 0.1) is 6.10 Å². The highest BCUT2D eigenvalue weighted by molar-refractivity contribution is 5.75. The van der Waals surface area contributed by atoms with Gasteiger partial charge in [-0.3, -0.25) is 9.59 Å². The highest BCUT2D eigenvalue weighted by atomic mass is 16.5. The van der Waals surface area contributed by atoms with E-state index in [0.717, 1.165) is 19.4 Å². The quantitative estimate of drug-likeness (QED) is 0.708. The first-order valence-corrected chi connectivity index (χ1v) is 7.91. The molecule has 5 nitrogen and oxygen atoms in total. The Labute approximate surface area is 127 Å². The van der Waals surface area contributed by atoms with Crippen LogP contribution >= 0.6 is 0 Å². The number of nitrogens with one attached hydrogen (secondary N) is 1. The molecule has 1 aliphatic heterocycles. The van der Waals surface area contributed by atoms with E-state index >= 15 is 0 Å². The summed E-state index contributed by atoms with van der Waals surface area (Å²) in [6, 6.07) is 0. The van der Waals surface area contributed by atoms with Gasteiger partial charge in [-0.25, -0.2) is 0 Å². The number of hydrogen-bond acceptors (Lipinski definition) is 3. The Morgan fingerprint density at radius 1 is 1.24 bits per heavy atom. The molecule has 1 fully saturated rings. The van der Waals surface area contributed by atoms with Crippen molar-refractivity contribution in [3.63, 3.8) is 0 Å². The number of rotatable bonds is 7. The molecule has 0 radical (unpaired) electrons. The second-order valence-corrected chi connectivity index (χ2v) is 6.96. The van der Waals surface area contributed by atoms with E-state index in [2.05, 4.69) is 26.1 Å². The second-order valence-electron chi connectivity index (χ2n) is 6.96. The SMILES string of the molecule is CC(C)(C)C1OCCCC1CNC(=O)CCCCC(=O)O. The Hall–Kier alpha value is -1.10. The van der Waals surface area contributed by atoms with Gasteiger partial charge in [-0.15, -0.1) is 0 Å². The minimum Gasteiger partial charge on any atom is -0.481 e. The van der Waals surface area contributed by atoms with E-state index in [1.807, 2.05) is 0 Å².